The van der Waals surface area contributed by atoms with Crippen molar-refractivity contribution in [2.24, 2.45) is 29.6 Å². The smallest absolute Gasteiger partial charge is 0.246 e. The molecule has 0 aliphatic heterocycles. The van der Waals surface area contributed by atoms with Gasteiger partial charge < -0.3 is 10.1 Å². The molecule has 4 aliphatic carbocycles. The van der Waals surface area contributed by atoms with Crippen molar-refractivity contribution in [3.8, 4) is 0 Å². The fraction of sp³-hybridized carbons (Fsp3) is 0.864. The van der Waals surface area contributed by atoms with Gasteiger partial charge >= 0.3 is 0 Å². The van der Waals surface area contributed by atoms with Crippen molar-refractivity contribution in [2.45, 2.75) is 78.2 Å². The van der Waals surface area contributed by atoms with E-state index < -0.39 is 0 Å². The first kappa shape index (κ1) is 18.9. The van der Waals surface area contributed by atoms with E-state index in [0.717, 1.165) is 36.0 Å². The molecule has 0 atom stereocenters. The average molecular weight is 348 g/mol. The Morgan fingerprint density at radius 2 is 1.76 bits per heavy atom. The number of hydrogen-bond donors (Lipinski definition) is 1. The van der Waals surface area contributed by atoms with Gasteiger partial charge in [-0.05, 0) is 81.5 Å². The van der Waals surface area contributed by atoms with Crippen molar-refractivity contribution in [2.75, 3.05) is 13.2 Å². The highest BCUT2D eigenvalue weighted by molar-refractivity contribution is 5.77. The van der Waals surface area contributed by atoms with Crippen LogP contribution < -0.4 is 5.32 Å². The molecular weight excluding hydrogens is 310 g/mol. The fourth-order valence-electron chi connectivity index (χ4n) is 5.60. The monoisotopic (exact) mass is 347 g/mol. The van der Waals surface area contributed by atoms with Crippen LogP contribution in [0.5, 0.6) is 0 Å². The number of ether oxygens (including phenoxy) is 1. The molecule has 4 rings (SSSR count). The molecule has 0 saturated heterocycles. The molecule has 3 nitrogen and oxygen atoms in total. The Kier molecular flexibility index (Phi) is 6.60. The molecule has 1 N–H and O–H groups in total. The van der Waals surface area contributed by atoms with Gasteiger partial charge in [-0.1, -0.05) is 31.9 Å². The van der Waals surface area contributed by atoms with E-state index in [4.69, 9.17) is 4.74 Å². The summed E-state index contributed by atoms with van der Waals surface area (Å²) in [5.41, 5.74) is 1.38. The van der Waals surface area contributed by atoms with Gasteiger partial charge in [-0.2, -0.15) is 0 Å². The quantitative estimate of drug-likeness (QED) is 0.613. The fourth-order valence-corrected chi connectivity index (χ4v) is 5.60. The number of amides is 1. The lowest BCUT2D eigenvalue weighted by Crippen LogP contribution is -2.50. The Morgan fingerprint density at radius 1 is 1.12 bits per heavy atom. The Balaban J connectivity index is 1.32. The van der Waals surface area contributed by atoms with Crippen LogP contribution in [0.1, 0.15) is 72.1 Å². The van der Waals surface area contributed by atoms with Crippen LogP contribution >= 0.6 is 0 Å². The first-order valence-corrected chi connectivity index (χ1v) is 10.5. The maximum absolute atomic E-state index is 12.1. The molecule has 4 fully saturated rings. The van der Waals surface area contributed by atoms with E-state index in [2.05, 4.69) is 32.2 Å². The molecule has 25 heavy (non-hydrogen) atoms. The molecule has 4 aliphatic rings. The van der Waals surface area contributed by atoms with Gasteiger partial charge in [0.1, 0.15) is 6.61 Å². The molecule has 0 aromatic rings. The van der Waals surface area contributed by atoms with E-state index in [0.29, 0.717) is 12.6 Å². The normalized spacial score (nSPS) is 33.9. The first-order chi connectivity index (χ1) is 12.0. The maximum Gasteiger partial charge on any atom is 0.246 e. The molecule has 4 saturated carbocycles. The SMILES string of the molecule is C/C(=C\CNC(=O)COC1C2CC3CC(C2)CC1C3)CCCC(C)C. The Morgan fingerprint density at radius 3 is 2.36 bits per heavy atom. The minimum atomic E-state index is 0.0417. The molecule has 0 aromatic heterocycles. The van der Waals surface area contributed by atoms with E-state index in [1.807, 2.05) is 0 Å². The second-order valence-electron chi connectivity index (χ2n) is 9.35. The zero-order valence-corrected chi connectivity index (χ0v) is 16.4. The number of allylic oxidation sites excluding steroid dienone is 1. The van der Waals surface area contributed by atoms with Crippen molar-refractivity contribution in [3.05, 3.63) is 11.6 Å². The Labute approximate surface area is 154 Å². The molecule has 4 bridgehead atoms. The largest absolute Gasteiger partial charge is 0.368 e. The summed E-state index contributed by atoms with van der Waals surface area (Å²) in [7, 11) is 0. The zero-order valence-electron chi connectivity index (χ0n) is 16.4. The number of carbonyl (C=O) groups excluding carboxylic acids is 1. The number of hydrogen-bond acceptors (Lipinski definition) is 2. The Hall–Kier alpha value is -0.830. The van der Waals surface area contributed by atoms with E-state index in [1.165, 1.54) is 50.5 Å². The van der Waals surface area contributed by atoms with Crippen LogP contribution in [0.15, 0.2) is 11.6 Å². The van der Waals surface area contributed by atoms with E-state index >= 15 is 0 Å². The molecule has 0 heterocycles. The number of nitrogens with one attached hydrogen (secondary N) is 1. The van der Waals surface area contributed by atoms with Gasteiger partial charge in [0.15, 0.2) is 0 Å². The van der Waals surface area contributed by atoms with Gasteiger partial charge in [-0.3, -0.25) is 4.79 Å². The van der Waals surface area contributed by atoms with Crippen LogP contribution in [0.2, 0.25) is 0 Å². The van der Waals surface area contributed by atoms with Crippen LogP contribution in [0.25, 0.3) is 0 Å². The lowest BCUT2D eigenvalue weighted by Gasteiger charge is -2.53. The highest BCUT2D eigenvalue weighted by Gasteiger charge is 2.48. The molecule has 1 amide bonds. The van der Waals surface area contributed by atoms with Gasteiger partial charge in [0.05, 0.1) is 6.10 Å². The highest BCUT2D eigenvalue weighted by Crippen LogP contribution is 2.54. The summed E-state index contributed by atoms with van der Waals surface area (Å²) in [5, 5.41) is 3.00. The second kappa shape index (κ2) is 8.70. The third kappa shape index (κ3) is 5.32. The predicted octanol–water partition coefficient (Wildman–Crippen LogP) is 4.72. The van der Waals surface area contributed by atoms with Gasteiger partial charge in [0.25, 0.3) is 0 Å². The summed E-state index contributed by atoms with van der Waals surface area (Å²) in [5.74, 6) is 4.19. The van der Waals surface area contributed by atoms with Crippen LogP contribution in [-0.4, -0.2) is 25.2 Å². The molecule has 0 spiro atoms. The summed E-state index contributed by atoms with van der Waals surface area (Å²) in [4.78, 5) is 12.1. The predicted molar refractivity (Wildman–Crippen MR) is 102 cm³/mol. The number of carbonyl (C=O) groups is 1. The van der Waals surface area contributed by atoms with Crippen molar-refractivity contribution < 1.29 is 9.53 Å². The minimum absolute atomic E-state index is 0.0417. The second-order valence-corrected chi connectivity index (χ2v) is 9.35. The van der Waals surface area contributed by atoms with Gasteiger partial charge in [-0.15, -0.1) is 0 Å². The third-order valence-electron chi connectivity index (χ3n) is 6.65. The summed E-state index contributed by atoms with van der Waals surface area (Å²) in [6, 6.07) is 0. The molecular formula is C22H37NO2. The summed E-state index contributed by atoms with van der Waals surface area (Å²) in [6.07, 6.45) is 13.0. The summed E-state index contributed by atoms with van der Waals surface area (Å²) in [6.45, 7) is 7.58. The Bertz CT molecular complexity index is 454. The topological polar surface area (TPSA) is 38.3 Å². The molecule has 142 valence electrons. The summed E-state index contributed by atoms with van der Waals surface area (Å²) < 4.78 is 6.10. The molecule has 3 heteroatoms. The standard InChI is InChI=1S/C22H37NO2/c1-15(2)5-4-6-16(3)7-8-23-21(24)14-25-22-19-10-17-9-18(12-19)13-20(22)11-17/h7,15,17-20,22H,4-6,8-14H2,1-3H3,(H,23,24)/b16-7+. The summed E-state index contributed by atoms with van der Waals surface area (Å²) >= 11 is 0. The van der Waals surface area contributed by atoms with Crippen molar-refractivity contribution in [3.63, 3.8) is 0 Å². The van der Waals surface area contributed by atoms with E-state index in [1.54, 1.807) is 0 Å². The van der Waals surface area contributed by atoms with E-state index in [-0.39, 0.29) is 12.5 Å². The minimum Gasteiger partial charge on any atom is -0.368 e. The maximum atomic E-state index is 12.1. The number of rotatable bonds is 9. The van der Waals surface area contributed by atoms with Gasteiger partial charge in [-0.25, -0.2) is 0 Å². The van der Waals surface area contributed by atoms with Crippen LogP contribution in [-0.2, 0) is 9.53 Å². The lowest BCUT2D eigenvalue weighted by atomic mass is 9.55. The lowest BCUT2D eigenvalue weighted by molar-refractivity contribution is -0.146. The average Bonchev–Trinajstić information content (AvgIpc) is 2.53. The third-order valence-corrected chi connectivity index (χ3v) is 6.65. The van der Waals surface area contributed by atoms with E-state index in [9.17, 15) is 4.79 Å². The van der Waals surface area contributed by atoms with Crippen molar-refractivity contribution in [1.29, 1.82) is 0 Å². The van der Waals surface area contributed by atoms with Gasteiger partial charge in [0.2, 0.25) is 5.91 Å². The molecule has 0 radical (unpaired) electrons. The van der Waals surface area contributed by atoms with Crippen LogP contribution in [0.4, 0.5) is 0 Å². The highest BCUT2D eigenvalue weighted by atomic mass is 16.5. The molecule has 0 aromatic carbocycles. The van der Waals surface area contributed by atoms with Crippen molar-refractivity contribution in [1.82, 2.24) is 5.32 Å². The van der Waals surface area contributed by atoms with Crippen LogP contribution in [0, 0.1) is 29.6 Å². The van der Waals surface area contributed by atoms with Crippen molar-refractivity contribution >= 4 is 5.91 Å². The zero-order chi connectivity index (χ0) is 17.8. The molecule has 0 unspecified atom stereocenters. The first-order valence-electron chi connectivity index (χ1n) is 10.5. The van der Waals surface area contributed by atoms with Gasteiger partial charge in [0, 0.05) is 6.54 Å². The van der Waals surface area contributed by atoms with Crippen LogP contribution in [0.3, 0.4) is 0 Å².